The second-order valence-electron chi connectivity index (χ2n) is 3.21. The van der Waals surface area contributed by atoms with Gasteiger partial charge in [0.05, 0.1) is 5.02 Å². The first-order valence-corrected chi connectivity index (χ1v) is 5.15. The topological polar surface area (TPSA) is 44.1 Å². The predicted molar refractivity (Wildman–Crippen MR) is 59.8 cm³/mol. The summed E-state index contributed by atoms with van der Waals surface area (Å²) in [5.41, 5.74) is 0. The van der Waals surface area contributed by atoms with E-state index in [0.29, 0.717) is 5.75 Å². The zero-order valence-electron chi connectivity index (χ0n) is 8.64. The van der Waals surface area contributed by atoms with Crippen LogP contribution in [0.15, 0.2) is 36.7 Å². The maximum atomic E-state index is 12.9. The number of ether oxygens (including phenoxy) is 1. The smallest absolute Gasteiger partial charge is 0.284 e. The van der Waals surface area contributed by atoms with E-state index in [4.69, 9.17) is 16.3 Å². The summed E-state index contributed by atoms with van der Waals surface area (Å²) in [5.74, 6) is -0.523. The Morgan fingerprint density at radius 1 is 1.53 bits per heavy atom. The molecule has 1 aromatic heterocycles. The highest BCUT2D eigenvalue weighted by atomic mass is 35.5. The van der Waals surface area contributed by atoms with Crippen molar-refractivity contribution in [2.24, 2.45) is 0 Å². The number of carbonyl (C=O) groups is 1. The second kappa shape index (κ2) is 4.97. The third-order valence-corrected chi connectivity index (χ3v) is 2.30. The van der Waals surface area contributed by atoms with E-state index in [9.17, 15) is 9.18 Å². The van der Waals surface area contributed by atoms with Gasteiger partial charge in [0.2, 0.25) is 0 Å². The molecule has 17 heavy (non-hydrogen) atoms. The van der Waals surface area contributed by atoms with Crippen molar-refractivity contribution in [1.29, 1.82) is 0 Å². The largest absolute Gasteiger partial charge is 0.484 e. The molecule has 0 atom stereocenters. The lowest BCUT2D eigenvalue weighted by Crippen LogP contribution is -2.19. The van der Waals surface area contributed by atoms with E-state index in [-0.39, 0.29) is 17.5 Å². The second-order valence-corrected chi connectivity index (χ2v) is 3.62. The Kier molecular flexibility index (Phi) is 3.39. The van der Waals surface area contributed by atoms with Crippen LogP contribution < -0.4 is 4.74 Å². The van der Waals surface area contributed by atoms with Gasteiger partial charge < -0.3 is 4.74 Å². The number of hydrogen-bond donors (Lipinski definition) is 0. The molecule has 2 rings (SSSR count). The molecule has 0 amide bonds. The highest BCUT2D eigenvalue weighted by Crippen LogP contribution is 2.20. The fourth-order valence-corrected chi connectivity index (χ4v) is 1.36. The normalized spacial score (nSPS) is 10.2. The average Bonchev–Trinajstić information content (AvgIpc) is 2.84. The van der Waals surface area contributed by atoms with Crippen molar-refractivity contribution >= 4 is 17.5 Å². The number of halogens is 2. The third kappa shape index (κ3) is 2.82. The number of carbonyl (C=O) groups excluding carboxylic acids is 1. The number of benzene rings is 1. The van der Waals surface area contributed by atoms with Gasteiger partial charge in [0, 0.05) is 18.5 Å². The summed E-state index contributed by atoms with van der Waals surface area (Å²) in [4.78, 5) is 11.5. The van der Waals surface area contributed by atoms with E-state index in [1.807, 2.05) is 0 Å². The summed E-state index contributed by atoms with van der Waals surface area (Å²) in [7, 11) is 0. The van der Waals surface area contributed by atoms with Crippen molar-refractivity contribution in [3.63, 3.8) is 0 Å². The van der Waals surface area contributed by atoms with Crippen molar-refractivity contribution in [2.45, 2.75) is 0 Å². The summed E-state index contributed by atoms with van der Waals surface area (Å²) >= 11 is 5.57. The molecular weight excluding hydrogens is 247 g/mol. The summed E-state index contributed by atoms with van der Waals surface area (Å²) in [6.45, 7) is -0.191. The molecule has 0 saturated heterocycles. The Bertz CT molecular complexity index is 528. The van der Waals surface area contributed by atoms with Crippen LogP contribution in [0.2, 0.25) is 5.02 Å². The molecule has 0 radical (unpaired) electrons. The van der Waals surface area contributed by atoms with Gasteiger partial charge >= 0.3 is 0 Å². The first-order valence-electron chi connectivity index (χ1n) is 4.77. The molecule has 6 heteroatoms. The fourth-order valence-electron chi connectivity index (χ4n) is 1.19. The fraction of sp³-hybridized carbons (Fsp3) is 0.0909. The van der Waals surface area contributed by atoms with E-state index >= 15 is 0 Å². The summed E-state index contributed by atoms with van der Waals surface area (Å²) in [6.07, 6.45) is 3.01. The van der Waals surface area contributed by atoms with Gasteiger partial charge in [0.1, 0.15) is 11.6 Å². The minimum absolute atomic E-state index is 0.0472. The first kappa shape index (κ1) is 11.6. The summed E-state index contributed by atoms with van der Waals surface area (Å²) in [5, 5.41) is 3.71. The zero-order chi connectivity index (χ0) is 12.3. The molecule has 4 nitrogen and oxygen atoms in total. The molecule has 1 aromatic carbocycles. The van der Waals surface area contributed by atoms with Crippen molar-refractivity contribution in [1.82, 2.24) is 9.78 Å². The Labute approximate surface area is 102 Å². The maximum Gasteiger partial charge on any atom is 0.284 e. The Balaban J connectivity index is 1.98. The molecule has 2 aromatic rings. The summed E-state index contributed by atoms with van der Waals surface area (Å²) in [6, 6.07) is 5.52. The molecular formula is C11H8ClFN2O2. The third-order valence-electron chi connectivity index (χ3n) is 2.01. The highest BCUT2D eigenvalue weighted by Gasteiger charge is 2.07. The van der Waals surface area contributed by atoms with E-state index in [1.165, 1.54) is 30.6 Å². The lowest BCUT2D eigenvalue weighted by atomic mass is 10.3. The minimum atomic E-state index is -0.530. The van der Waals surface area contributed by atoms with Gasteiger partial charge in [0.25, 0.3) is 5.91 Å². The van der Waals surface area contributed by atoms with Crippen LogP contribution in [0.3, 0.4) is 0 Å². The van der Waals surface area contributed by atoms with Crippen LogP contribution in [0.25, 0.3) is 0 Å². The molecule has 0 aliphatic carbocycles. The lowest BCUT2D eigenvalue weighted by molar-refractivity contribution is 0.0821. The van der Waals surface area contributed by atoms with Gasteiger partial charge in [-0.2, -0.15) is 5.10 Å². The van der Waals surface area contributed by atoms with E-state index < -0.39 is 5.82 Å². The van der Waals surface area contributed by atoms with Crippen LogP contribution in [0, 0.1) is 5.82 Å². The van der Waals surface area contributed by atoms with Crippen LogP contribution in [0.1, 0.15) is 4.79 Å². The Hall–Kier alpha value is -1.88. The van der Waals surface area contributed by atoms with Crippen molar-refractivity contribution < 1.29 is 13.9 Å². The van der Waals surface area contributed by atoms with Crippen LogP contribution in [0.5, 0.6) is 5.75 Å². The quantitative estimate of drug-likeness (QED) is 0.845. The molecule has 0 aliphatic rings. The zero-order valence-corrected chi connectivity index (χ0v) is 9.39. The molecule has 0 unspecified atom stereocenters. The van der Waals surface area contributed by atoms with E-state index in [2.05, 4.69) is 5.10 Å². The Morgan fingerprint density at radius 3 is 3.00 bits per heavy atom. The van der Waals surface area contributed by atoms with Gasteiger partial charge in [0.15, 0.2) is 6.61 Å². The van der Waals surface area contributed by atoms with Crippen LogP contribution >= 0.6 is 11.6 Å². The summed E-state index contributed by atoms with van der Waals surface area (Å²) < 4.78 is 19.2. The van der Waals surface area contributed by atoms with Gasteiger partial charge in [-0.3, -0.25) is 4.79 Å². The molecule has 0 N–H and O–H groups in total. The number of hydrogen-bond acceptors (Lipinski definition) is 3. The number of aromatic nitrogens is 2. The maximum absolute atomic E-state index is 12.9. The molecule has 0 saturated carbocycles. The lowest BCUT2D eigenvalue weighted by Gasteiger charge is -2.05. The number of nitrogens with zero attached hydrogens (tertiary/aromatic N) is 2. The van der Waals surface area contributed by atoms with Crippen LogP contribution in [-0.2, 0) is 0 Å². The minimum Gasteiger partial charge on any atom is -0.484 e. The van der Waals surface area contributed by atoms with Crippen LogP contribution in [-0.4, -0.2) is 22.3 Å². The molecule has 0 aliphatic heterocycles. The van der Waals surface area contributed by atoms with E-state index in [1.54, 1.807) is 6.07 Å². The first-order chi connectivity index (χ1) is 8.16. The monoisotopic (exact) mass is 254 g/mol. The number of rotatable bonds is 3. The van der Waals surface area contributed by atoms with Gasteiger partial charge in [-0.1, -0.05) is 11.6 Å². The van der Waals surface area contributed by atoms with Crippen LogP contribution in [0.4, 0.5) is 4.39 Å². The SMILES string of the molecule is O=C(COc1ccc(F)c(Cl)c1)n1cccn1. The highest BCUT2D eigenvalue weighted by molar-refractivity contribution is 6.30. The molecule has 88 valence electrons. The predicted octanol–water partition coefficient (Wildman–Crippen LogP) is 2.39. The molecule has 0 bridgehead atoms. The van der Waals surface area contributed by atoms with Crippen molar-refractivity contribution in [3.8, 4) is 5.75 Å². The van der Waals surface area contributed by atoms with Crippen molar-refractivity contribution in [3.05, 3.63) is 47.5 Å². The van der Waals surface area contributed by atoms with Crippen molar-refractivity contribution in [2.75, 3.05) is 6.61 Å². The van der Waals surface area contributed by atoms with Gasteiger partial charge in [-0.25, -0.2) is 9.07 Å². The van der Waals surface area contributed by atoms with E-state index in [0.717, 1.165) is 4.68 Å². The molecule has 1 heterocycles. The average molecular weight is 255 g/mol. The molecule has 0 spiro atoms. The molecule has 0 fully saturated rings. The van der Waals surface area contributed by atoms with Gasteiger partial charge in [-0.05, 0) is 18.2 Å². The Morgan fingerprint density at radius 2 is 2.35 bits per heavy atom. The standard InChI is InChI=1S/C11H8ClFN2O2/c12-9-6-8(2-3-10(9)13)17-7-11(16)15-5-1-4-14-15/h1-6H,7H2. The van der Waals surface area contributed by atoms with Gasteiger partial charge in [-0.15, -0.1) is 0 Å².